The molecule has 0 aromatic heterocycles. The molecular weight excluding hydrogens is 246 g/mol. The molecule has 0 amide bonds. The average Bonchev–Trinajstić information content (AvgIpc) is 2.39. The van der Waals surface area contributed by atoms with Gasteiger partial charge in [0.15, 0.2) is 0 Å². The van der Waals surface area contributed by atoms with Crippen molar-refractivity contribution in [3.63, 3.8) is 0 Å². The monoisotopic (exact) mass is 277 g/mol. The quantitative estimate of drug-likeness (QED) is 0.754. The fourth-order valence-corrected chi connectivity index (χ4v) is 2.78. The van der Waals surface area contributed by atoms with Crippen molar-refractivity contribution in [3.8, 4) is 5.75 Å². The summed E-state index contributed by atoms with van der Waals surface area (Å²) in [5.41, 5.74) is 2.65. The van der Waals surface area contributed by atoms with Crippen molar-refractivity contribution in [2.75, 3.05) is 13.7 Å². The number of benzene rings is 1. The standard InChI is InChI=1S/C18H31NO/c1-7-8-15(5)17(12-19-13(2)3)16-11-14(4)9-10-18(16)20-6/h9-11,13,15,17,19H,7-8,12H2,1-6H3. The second-order valence-corrected chi connectivity index (χ2v) is 6.18. The third kappa shape index (κ3) is 4.82. The summed E-state index contributed by atoms with van der Waals surface area (Å²) >= 11 is 0. The molecule has 0 bridgehead atoms. The molecule has 20 heavy (non-hydrogen) atoms. The Kier molecular flexibility index (Phi) is 7.08. The van der Waals surface area contributed by atoms with Crippen LogP contribution in [0.1, 0.15) is 57.6 Å². The highest BCUT2D eigenvalue weighted by atomic mass is 16.5. The molecule has 114 valence electrons. The number of ether oxygens (including phenoxy) is 1. The summed E-state index contributed by atoms with van der Waals surface area (Å²) in [6.45, 7) is 12.2. The lowest BCUT2D eigenvalue weighted by Crippen LogP contribution is -2.31. The molecule has 0 spiro atoms. The van der Waals surface area contributed by atoms with Gasteiger partial charge >= 0.3 is 0 Å². The van der Waals surface area contributed by atoms with Crippen molar-refractivity contribution in [3.05, 3.63) is 29.3 Å². The molecule has 0 aliphatic heterocycles. The van der Waals surface area contributed by atoms with Crippen LogP contribution < -0.4 is 10.1 Å². The van der Waals surface area contributed by atoms with Gasteiger partial charge in [-0.3, -0.25) is 0 Å². The van der Waals surface area contributed by atoms with Crippen LogP contribution in [0.15, 0.2) is 18.2 Å². The van der Waals surface area contributed by atoms with Gasteiger partial charge in [0.2, 0.25) is 0 Å². The van der Waals surface area contributed by atoms with Gasteiger partial charge in [-0.15, -0.1) is 0 Å². The van der Waals surface area contributed by atoms with E-state index in [0.717, 1.165) is 12.3 Å². The van der Waals surface area contributed by atoms with E-state index in [1.165, 1.54) is 24.0 Å². The summed E-state index contributed by atoms with van der Waals surface area (Å²) in [5, 5.41) is 3.60. The van der Waals surface area contributed by atoms with Crippen LogP contribution >= 0.6 is 0 Å². The molecule has 2 atom stereocenters. The molecule has 2 nitrogen and oxygen atoms in total. The van der Waals surface area contributed by atoms with E-state index in [0.29, 0.717) is 17.9 Å². The molecule has 0 heterocycles. The Balaban J connectivity index is 3.04. The van der Waals surface area contributed by atoms with E-state index >= 15 is 0 Å². The van der Waals surface area contributed by atoms with Crippen LogP contribution in [-0.2, 0) is 0 Å². The average molecular weight is 277 g/mol. The van der Waals surface area contributed by atoms with Gasteiger partial charge < -0.3 is 10.1 Å². The van der Waals surface area contributed by atoms with E-state index in [2.05, 4.69) is 58.1 Å². The van der Waals surface area contributed by atoms with Crippen molar-refractivity contribution in [1.29, 1.82) is 0 Å². The van der Waals surface area contributed by atoms with Crippen LogP contribution in [0.25, 0.3) is 0 Å². The molecule has 0 saturated carbocycles. The third-order valence-corrected chi connectivity index (χ3v) is 3.96. The summed E-state index contributed by atoms with van der Waals surface area (Å²) in [5.74, 6) is 2.18. The zero-order valence-electron chi connectivity index (χ0n) is 14.0. The molecule has 0 aliphatic carbocycles. The van der Waals surface area contributed by atoms with Crippen LogP contribution in [0.3, 0.4) is 0 Å². The predicted octanol–water partition coefficient (Wildman–Crippen LogP) is 4.52. The number of hydrogen-bond donors (Lipinski definition) is 1. The summed E-state index contributed by atoms with van der Waals surface area (Å²) in [7, 11) is 1.77. The molecular formula is C18H31NO. The van der Waals surface area contributed by atoms with Gasteiger partial charge in [-0.25, -0.2) is 0 Å². The topological polar surface area (TPSA) is 21.3 Å². The zero-order chi connectivity index (χ0) is 15.1. The molecule has 0 fully saturated rings. The van der Waals surface area contributed by atoms with Gasteiger partial charge in [-0.05, 0) is 24.5 Å². The highest BCUT2D eigenvalue weighted by Crippen LogP contribution is 2.34. The maximum atomic E-state index is 5.59. The van der Waals surface area contributed by atoms with Crippen LogP contribution in [0.5, 0.6) is 5.75 Å². The molecule has 1 aromatic rings. The number of nitrogens with one attached hydrogen (secondary N) is 1. The third-order valence-electron chi connectivity index (χ3n) is 3.96. The Morgan fingerprint density at radius 3 is 2.45 bits per heavy atom. The molecule has 1 rings (SSSR count). The molecule has 1 aromatic carbocycles. The van der Waals surface area contributed by atoms with Gasteiger partial charge in [0.25, 0.3) is 0 Å². The van der Waals surface area contributed by atoms with Crippen molar-refractivity contribution in [1.82, 2.24) is 5.32 Å². The summed E-state index contributed by atoms with van der Waals surface area (Å²) in [6, 6.07) is 7.03. The highest BCUT2D eigenvalue weighted by Gasteiger charge is 2.22. The molecule has 2 heteroatoms. The van der Waals surface area contributed by atoms with Crippen molar-refractivity contribution >= 4 is 0 Å². The normalized spacial score (nSPS) is 14.3. The molecule has 0 radical (unpaired) electrons. The lowest BCUT2D eigenvalue weighted by molar-refractivity contribution is 0.364. The predicted molar refractivity (Wildman–Crippen MR) is 87.7 cm³/mol. The minimum absolute atomic E-state index is 0.507. The van der Waals surface area contributed by atoms with Crippen LogP contribution in [0, 0.1) is 12.8 Å². The lowest BCUT2D eigenvalue weighted by Gasteiger charge is -2.27. The molecule has 0 saturated heterocycles. The van der Waals surface area contributed by atoms with E-state index < -0.39 is 0 Å². The molecule has 1 N–H and O–H groups in total. The largest absolute Gasteiger partial charge is 0.496 e. The SMILES string of the molecule is CCCC(C)C(CNC(C)C)c1cc(C)ccc1OC. The molecule has 2 unspecified atom stereocenters. The first-order chi connectivity index (χ1) is 9.49. The van der Waals surface area contributed by atoms with E-state index in [1.54, 1.807) is 7.11 Å². The lowest BCUT2D eigenvalue weighted by atomic mass is 9.83. The Bertz CT molecular complexity index is 400. The van der Waals surface area contributed by atoms with Crippen molar-refractivity contribution in [2.45, 2.75) is 59.4 Å². The van der Waals surface area contributed by atoms with Gasteiger partial charge in [0.1, 0.15) is 5.75 Å². The Labute approximate surface area is 124 Å². The maximum Gasteiger partial charge on any atom is 0.122 e. The van der Waals surface area contributed by atoms with Crippen LogP contribution in [0.4, 0.5) is 0 Å². The van der Waals surface area contributed by atoms with Gasteiger partial charge in [0.05, 0.1) is 7.11 Å². The summed E-state index contributed by atoms with van der Waals surface area (Å²) < 4.78 is 5.59. The number of aryl methyl sites for hydroxylation is 1. The number of rotatable bonds is 8. The molecule has 0 aliphatic rings. The van der Waals surface area contributed by atoms with E-state index in [1.807, 2.05) is 0 Å². The Morgan fingerprint density at radius 1 is 1.20 bits per heavy atom. The van der Waals surface area contributed by atoms with Gasteiger partial charge in [0, 0.05) is 18.5 Å². The van der Waals surface area contributed by atoms with Crippen molar-refractivity contribution in [2.24, 2.45) is 5.92 Å². The van der Waals surface area contributed by atoms with Crippen LogP contribution in [0.2, 0.25) is 0 Å². The number of methoxy groups -OCH3 is 1. The zero-order valence-corrected chi connectivity index (χ0v) is 14.0. The maximum absolute atomic E-state index is 5.59. The first kappa shape index (κ1) is 17.0. The van der Waals surface area contributed by atoms with Crippen molar-refractivity contribution < 1.29 is 4.74 Å². The second kappa shape index (κ2) is 8.31. The minimum Gasteiger partial charge on any atom is -0.496 e. The number of hydrogen-bond acceptors (Lipinski definition) is 2. The fraction of sp³-hybridized carbons (Fsp3) is 0.667. The van der Waals surface area contributed by atoms with E-state index in [4.69, 9.17) is 4.74 Å². The first-order valence-corrected chi connectivity index (χ1v) is 7.87. The minimum atomic E-state index is 0.507. The summed E-state index contributed by atoms with van der Waals surface area (Å²) in [6.07, 6.45) is 2.48. The van der Waals surface area contributed by atoms with E-state index in [-0.39, 0.29) is 0 Å². The van der Waals surface area contributed by atoms with Crippen LogP contribution in [-0.4, -0.2) is 19.7 Å². The Hall–Kier alpha value is -1.02. The van der Waals surface area contributed by atoms with Gasteiger partial charge in [-0.2, -0.15) is 0 Å². The van der Waals surface area contributed by atoms with Gasteiger partial charge in [-0.1, -0.05) is 58.2 Å². The highest BCUT2D eigenvalue weighted by molar-refractivity contribution is 5.40. The first-order valence-electron chi connectivity index (χ1n) is 7.87. The summed E-state index contributed by atoms with van der Waals surface area (Å²) in [4.78, 5) is 0. The Morgan fingerprint density at radius 2 is 1.90 bits per heavy atom. The second-order valence-electron chi connectivity index (χ2n) is 6.18. The smallest absolute Gasteiger partial charge is 0.122 e. The van der Waals surface area contributed by atoms with E-state index in [9.17, 15) is 0 Å². The fourth-order valence-electron chi connectivity index (χ4n) is 2.78.